The zero-order chi connectivity index (χ0) is 19.6. The van der Waals surface area contributed by atoms with E-state index in [2.05, 4.69) is 24.1 Å². The van der Waals surface area contributed by atoms with Crippen molar-refractivity contribution < 1.29 is 14.3 Å². The lowest BCUT2D eigenvalue weighted by Gasteiger charge is -2.29. The van der Waals surface area contributed by atoms with Crippen molar-refractivity contribution in [1.29, 1.82) is 0 Å². The van der Waals surface area contributed by atoms with Crippen LogP contribution in [-0.2, 0) is 11.2 Å². The van der Waals surface area contributed by atoms with Gasteiger partial charge in [0.15, 0.2) is 5.82 Å². The first-order valence-corrected chi connectivity index (χ1v) is 9.79. The fourth-order valence-corrected chi connectivity index (χ4v) is 3.99. The Bertz CT molecular complexity index is 906. The van der Waals surface area contributed by atoms with Crippen molar-refractivity contribution in [1.82, 2.24) is 9.55 Å². The number of imidazole rings is 1. The molecule has 6 heteroatoms. The van der Waals surface area contributed by atoms with Crippen molar-refractivity contribution in [3.05, 3.63) is 23.5 Å². The van der Waals surface area contributed by atoms with Crippen LogP contribution < -0.4 is 5.32 Å². The SMILES string of the molecule is CC(C)(O)Cc1ccc2nc(NC(=O)[C@H]3CC3(C)C)n(C3CCC3)c2c1F. The molecule has 2 saturated carbocycles. The van der Waals surface area contributed by atoms with Gasteiger partial charge in [0, 0.05) is 18.4 Å². The van der Waals surface area contributed by atoms with Gasteiger partial charge in [-0.1, -0.05) is 19.9 Å². The van der Waals surface area contributed by atoms with Crippen LogP contribution in [0.4, 0.5) is 10.3 Å². The number of aromatic nitrogens is 2. The van der Waals surface area contributed by atoms with Crippen molar-refractivity contribution in [2.75, 3.05) is 5.32 Å². The standard InChI is InChI=1S/C21H28FN3O2/c1-20(2)11-14(20)18(26)24-19-23-15-9-8-12(10-21(3,4)27)16(22)17(15)25(19)13-6-5-7-13/h8-9,13-14,27H,5-7,10-11H2,1-4H3,(H,23,24,26)/t14-/m1/s1. The third-order valence-corrected chi connectivity index (χ3v) is 6.00. The van der Waals surface area contributed by atoms with Crippen molar-refractivity contribution in [2.24, 2.45) is 11.3 Å². The monoisotopic (exact) mass is 373 g/mol. The zero-order valence-corrected chi connectivity index (χ0v) is 16.5. The third-order valence-electron chi connectivity index (χ3n) is 6.00. The van der Waals surface area contributed by atoms with Gasteiger partial charge in [-0.2, -0.15) is 0 Å². The van der Waals surface area contributed by atoms with Gasteiger partial charge in [-0.3, -0.25) is 10.1 Å². The highest BCUT2D eigenvalue weighted by molar-refractivity contribution is 5.95. The Morgan fingerprint density at radius 2 is 2.07 bits per heavy atom. The van der Waals surface area contributed by atoms with Crippen LogP contribution in [0, 0.1) is 17.2 Å². The topological polar surface area (TPSA) is 67.2 Å². The van der Waals surface area contributed by atoms with Gasteiger partial charge in [-0.05, 0) is 56.6 Å². The van der Waals surface area contributed by atoms with Crippen LogP contribution in [0.5, 0.6) is 0 Å². The van der Waals surface area contributed by atoms with E-state index in [0.717, 1.165) is 25.7 Å². The van der Waals surface area contributed by atoms with Gasteiger partial charge in [-0.25, -0.2) is 9.37 Å². The summed E-state index contributed by atoms with van der Waals surface area (Å²) in [4.78, 5) is 17.1. The molecule has 1 atom stereocenters. The van der Waals surface area contributed by atoms with Gasteiger partial charge in [0.05, 0.1) is 11.1 Å². The lowest BCUT2D eigenvalue weighted by atomic mass is 9.92. The van der Waals surface area contributed by atoms with Crippen LogP contribution in [-0.4, -0.2) is 26.2 Å². The molecule has 0 radical (unpaired) electrons. The highest BCUT2D eigenvalue weighted by atomic mass is 19.1. The second-order valence-electron chi connectivity index (χ2n) is 9.52. The van der Waals surface area contributed by atoms with Crippen LogP contribution in [0.15, 0.2) is 12.1 Å². The molecule has 1 amide bonds. The molecule has 2 aliphatic rings. The van der Waals surface area contributed by atoms with E-state index in [-0.39, 0.29) is 35.5 Å². The maximum absolute atomic E-state index is 15.3. The number of anilines is 1. The Kier molecular flexibility index (Phi) is 4.11. The van der Waals surface area contributed by atoms with Crippen molar-refractivity contribution in [3.63, 3.8) is 0 Å². The maximum Gasteiger partial charge on any atom is 0.230 e. The maximum atomic E-state index is 15.3. The number of hydrogen-bond acceptors (Lipinski definition) is 3. The number of rotatable bonds is 5. The Balaban J connectivity index is 1.75. The lowest BCUT2D eigenvalue weighted by Crippen LogP contribution is -2.24. The van der Waals surface area contributed by atoms with E-state index in [4.69, 9.17) is 0 Å². The highest BCUT2D eigenvalue weighted by Gasteiger charge is 2.50. The number of hydrogen-bond donors (Lipinski definition) is 2. The summed E-state index contributed by atoms with van der Waals surface area (Å²) in [6, 6.07) is 3.62. The van der Waals surface area contributed by atoms with Crippen molar-refractivity contribution >= 4 is 22.9 Å². The average Bonchev–Trinajstić information content (AvgIpc) is 2.99. The molecule has 146 valence electrons. The molecule has 0 saturated heterocycles. The summed E-state index contributed by atoms with van der Waals surface area (Å²) in [5.41, 5.74) is 0.486. The van der Waals surface area contributed by atoms with Gasteiger partial charge in [0.2, 0.25) is 11.9 Å². The summed E-state index contributed by atoms with van der Waals surface area (Å²) in [5.74, 6) is 0.0544. The molecule has 1 heterocycles. The second kappa shape index (κ2) is 6.03. The number of nitrogens with zero attached hydrogens (tertiary/aromatic N) is 2. The summed E-state index contributed by atoms with van der Waals surface area (Å²) in [5, 5.41) is 13.1. The minimum atomic E-state index is -0.996. The summed E-state index contributed by atoms with van der Waals surface area (Å²) < 4.78 is 17.2. The molecule has 2 N–H and O–H groups in total. The van der Waals surface area contributed by atoms with E-state index in [9.17, 15) is 9.90 Å². The summed E-state index contributed by atoms with van der Waals surface area (Å²) in [7, 11) is 0. The molecule has 4 rings (SSSR count). The highest BCUT2D eigenvalue weighted by Crippen LogP contribution is 2.52. The molecule has 0 aliphatic heterocycles. The van der Waals surface area contributed by atoms with Gasteiger partial charge >= 0.3 is 0 Å². The number of halogens is 1. The summed E-state index contributed by atoms with van der Waals surface area (Å²) >= 11 is 0. The van der Waals surface area contributed by atoms with E-state index in [1.165, 1.54) is 0 Å². The zero-order valence-electron chi connectivity index (χ0n) is 16.5. The van der Waals surface area contributed by atoms with Crippen molar-refractivity contribution in [3.8, 4) is 0 Å². The normalized spacial score (nSPS) is 21.9. The predicted octanol–water partition coefficient (Wildman–Crippen LogP) is 4.20. The third kappa shape index (κ3) is 3.35. The van der Waals surface area contributed by atoms with Crippen LogP contribution in [0.1, 0.15) is 65.0 Å². The molecule has 1 aromatic heterocycles. The minimum absolute atomic E-state index is 0.0113. The molecule has 0 unspecified atom stereocenters. The quantitative estimate of drug-likeness (QED) is 0.825. The van der Waals surface area contributed by atoms with Crippen LogP contribution in [0.3, 0.4) is 0 Å². The molecular formula is C21H28FN3O2. The van der Waals surface area contributed by atoms with E-state index in [0.29, 0.717) is 22.5 Å². The molecule has 2 aromatic rings. The number of aliphatic hydroxyl groups is 1. The first kappa shape index (κ1) is 18.4. The van der Waals surface area contributed by atoms with Gasteiger partial charge in [0.25, 0.3) is 0 Å². The molecule has 2 aliphatic carbocycles. The van der Waals surface area contributed by atoms with Crippen LogP contribution in [0.2, 0.25) is 0 Å². The van der Waals surface area contributed by atoms with Gasteiger partial charge < -0.3 is 9.67 Å². The smallest absolute Gasteiger partial charge is 0.230 e. The van der Waals surface area contributed by atoms with Crippen LogP contribution >= 0.6 is 0 Å². The van der Waals surface area contributed by atoms with E-state index in [1.807, 2.05) is 4.57 Å². The molecule has 5 nitrogen and oxygen atoms in total. The largest absolute Gasteiger partial charge is 0.390 e. The fraction of sp³-hybridized carbons (Fsp3) is 0.619. The number of nitrogens with one attached hydrogen (secondary N) is 1. The lowest BCUT2D eigenvalue weighted by molar-refractivity contribution is -0.118. The Morgan fingerprint density at radius 3 is 2.59 bits per heavy atom. The van der Waals surface area contributed by atoms with Crippen LogP contribution in [0.25, 0.3) is 11.0 Å². The predicted molar refractivity (Wildman–Crippen MR) is 103 cm³/mol. The number of fused-ring (bicyclic) bond motifs is 1. The Hall–Kier alpha value is -1.95. The second-order valence-corrected chi connectivity index (χ2v) is 9.52. The number of amides is 1. The molecule has 0 bridgehead atoms. The number of benzene rings is 1. The minimum Gasteiger partial charge on any atom is -0.390 e. The molecular weight excluding hydrogens is 345 g/mol. The Morgan fingerprint density at radius 1 is 1.41 bits per heavy atom. The first-order chi connectivity index (χ1) is 12.6. The van der Waals surface area contributed by atoms with Gasteiger partial charge in [0.1, 0.15) is 5.52 Å². The molecule has 27 heavy (non-hydrogen) atoms. The van der Waals surface area contributed by atoms with E-state index in [1.54, 1.807) is 26.0 Å². The Labute approximate surface area is 159 Å². The average molecular weight is 373 g/mol. The summed E-state index contributed by atoms with van der Waals surface area (Å²) in [6.07, 6.45) is 4.10. The fourth-order valence-electron chi connectivity index (χ4n) is 3.99. The number of carbonyl (C=O) groups is 1. The van der Waals surface area contributed by atoms with Gasteiger partial charge in [-0.15, -0.1) is 0 Å². The molecule has 2 fully saturated rings. The number of carbonyl (C=O) groups excluding carboxylic acids is 1. The first-order valence-electron chi connectivity index (χ1n) is 9.79. The molecule has 0 spiro atoms. The van der Waals surface area contributed by atoms with Crippen molar-refractivity contribution in [2.45, 2.75) is 71.4 Å². The van der Waals surface area contributed by atoms with E-state index < -0.39 is 5.60 Å². The molecule has 1 aromatic carbocycles. The van der Waals surface area contributed by atoms with E-state index >= 15 is 4.39 Å². The summed E-state index contributed by atoms with van der Waals surface area (Å²) in [6.45, 7) is 7.50.